The van der Waals surface area contributed by atoms with Crippen LogP contribution < -0.4 is 11.1 Å². The van der Waals surface area contributed by atoms with E-state index in [1.54, 1.807) is 11.8 Å². The van der Waals surface area contributed by atoms with E-state index in [0.717, 1.165) is 31.4 Å². The van der Waals surface area contributed by atoms with Gasteiger partial charge in [0.25, 0.3) is 0 Å². The van der Waals surface area contributed by atoms with Gasteiger partial charge in [-0.1, -0.05) is 19.3 Å². The molecule has 98 valence electrons. The molecule has 0 atom stereocenters. The summed E-state index contributed by atoms with van der Waals surface area (Å²) in [5, 5.41) is 2.93. The molecule has 0 bridgehead atoms. The lowest BCUT2D eigenvalue weighted by atomic mass is 9.82. The lowest BCUT2D eigenvalue weighted by Gasteiger charge is -2.31. The summed E-state index contributed by atoms with van der Waals surface area (Å²) in [7, 11) is 0. The van der Waals surface area contributed by atoms with Crippen LogP contribution in [0.1, 0.15) is 32.1 Å². The Hall–Kier alpha value is -1.00. The number of thioether (sulfide) groups is 1. The molecule has 0 saturated heterocycles. The van der Waals surface area contributed by atoms with Crippen LogP contribution in [0.3, 0.4) is 0 Å². The van der Waals surface area contributed by atoms with Crippen molar-refractivity contribution in [2.75, 3.05) is 11.6 Å². The predicted octanol–water partition coefficient (Wildman–Crippen LogP) is 3.01. The standard InChI is InChI=1S/C14H20N2OS/c1-18-12-7-5-11(6-8-12)16-13(17)14(15)9-3-2-4-10-14/h5-8H,2-4,9-10,15H2,1H3,(H,16,17). The minimum Gasteiger partial charge on any atom is -0.324 e. The Morgan fingerprint density at radius 1 is 1.22 bits per heavy atom. The van der Waals surface area contributed by atoms with Gasteiger partial charge in [0.05, 0.1) is 5.54 Å². The first kappa shape index (κ1) is 13.4. The molecule has 1 amide bonds. The highest BCUT2D eigenvalue weighted by Gasteiger charge is 2.35. The van der Waals surface area contributed by atoms with Crippen LogP contribution in [0, 0.1) is 0 Å². The van der Waals surface area contributed by atoms with Crippen molar-refractivity contribution in [3.05, 3.63) is 24.3 Å². The van der Waals surface area contributed by atoms with E-state index in [0.29, 0.717) is 0 Å². The molecule has 1 aliphatic rings. The summed E-state index contributed by atoms with van der Waals surface area (Å²) in [6.45, 7) is 0. The van der Waals surface area contributed by atoms with Gasteiger partial charge in [0.15, 0.2) is 0 Å². The van der Waals surface area contributed by atoms with E-state index in [9.17, 15) is 4.79 Å². The minimum absolute atomic E-state index is 0.0425. The first-order chi connectivity index (χ1) is 8.64. The zero-order valence-electron chi connectivity index (χ0n) is 10.7. The Morgan fingerprint density at radius 3 is 2.39 bits per heavy atom. The summed E-state index contributed by atoms with van der Waals surface area (Å²) >= 11 is 1.69. The normalized spacial score (nSPS) is 18.3. The van der Waals surface area contributed by atoms with Crippen LogP contribution in [0.2, 0.25) is 0 Å². The van der Waals surface area contributed by atoms with Crippen molar-refractivity contribution in [3.8, 4) is 0 Å². The van der Waals surface area contributed by atoms with Gasteiger partial charge in [-0.25, -0.2) is 0 Å². The van der Waals surface area contributed by atoms with Gasteiger partial charge in [0.1, 0.15) is 0 Å². The van der Waals surface area contributed by atoms with Crippen LogP contribution in [0.4, 0.5) is 5.69 Å². The highest BCUT2D eigenvalue weighted by Crippen LogP contribution is 2.27. The second kappa shape index (κ2) is 5.76. The fourth-order valence-electron chi connectivity index (χ4n) is 2.34. The van der Waals surface area contributed by atoms with Gasteiger partial charge in [-0.2, -0.15) is 0 Å². The molecule has 1 aliphatic carbocycles. The van der Waals surface area contributed by atoms with Crippen molar-refractivity contribution in [2.45, 2.75) is 42.5 Å². The maximum absolute atomic E-state index is 12.2. The SMILES string of the molecule is CSc1ccc(NC(=O)C2(N)CCCCC2)cc1. The number of hydrogen-bond donors (Lipinski definition) is 2. The lowest BCUT2D eigenvalue weighted by Crippen LogP contribution is -2.52. The third kappa shape index (κ3) is 3.06. The van der Waals surface area contributed by atoms with Crippen molar-refractivity contribution in [3.63, 3.8) is 0 Å². The topological polar surface area (TPSA) is 55.1 Å². The van der Waals surface area contributed by atoms with Gasteiger partial charge >= 0.3 is 0 Å². The molecule has 3 nitrogen and oxygen atoms in total. The van der Waals surface area contributed by atoms with E-state index in [1.165, 1.54) is 11.3 Å². The van der Waals surface area contributed by atoms with Gasteiger partial charge in [0.2, 0.25) is 5.91 Å². The summed E-state index contributed by atoms with van der Waals surface area (Å²) in [4.78, 5) is 13.4. The zero-order chi connectivity index (χ0) is 13.0. The molecule has 0 unspecified atom stereocenters. The third-order valence-corrected chi connectivity index (χ3v) is 4.29. The quantitative estimate of drug-likeness (QED) is 0.825. The summed E-state index contributed by atoms with van der Waals surface area (Å²) in [5.41, 5.74) is 6.35. The highest BCUT2D eigenvalue weighted by atomic mass is 32.2. The Labute approximate surface area is 113 Å². The Kier molecular flexibility index (Phi) is 4.30. The monoisotopic (exact) mass is 264 g/mol. The number of rotatable bonds is 3. The van der Waals surface area contributed by atoms with Crippen LogP contribution in [0.5, 0.6) is 0 Å². The number of carbonyl (C=O) groups is 1. The van der Waals surface area contributed by atoms with Crippen molar-refractivity contribution < 1.29 is 4.79 Å². The van der Waals surface area contributed by atoms with Crippen LogP contribution in [0.25, 0.3) is 0 Å². The maximum Gasteiger partial charge on any atom is 0.244 e. The van der Waals surface area contributed by atoms with E-state index < -0.39 is 5.54 Å². The molecule has 0 aliphatic heterocycles. The third-order valence-electron chi connectivity index (χ3n) is 3.55. The number of hydrogen-bond acceptors (Lipinski definition) is 3. The number of nitrogens with one attached hydrogen (secondary N) is 1. The lowest BCUT2D eigenvalue weighted by molar-refractivity contribution is -0.122. The predicted molar refractivity (Wildman–Crippen MR) is 76.9 cm³/mol. The molecule has 4 heteroatoms. The van der Waals surface area contributed by atoms with Crippen molar-refractivity contribution in [1.29, 1.82) is 0 Å². The fourth-order valence-corrected chi connectivity index (χ4v) is 2.75. The van der Waals surface area contributed by atoms with E-state index in [1.807, 2.05) is 30.5 Å². The van der Waals surface area contributed by atoms with Crippen LogP contribution in [-0.4, -0.2) is 17.7 Å². The second-order valence-electron chi connectivity index (χ2n) is 4.90. The average molecular weight is 264 g/mol. The van der Waals surface area contributed by atoms with Crippen molar-refractivity contribution in [2.24, 2.45) is 5.73 Å². The molecule has 0 heterocycles. The summed E-state index contributed by atoms with van der Waals surface area (Å²) in [6.07, 6.45) is 6.91. The molecule has 1 aromatic carbocycles. The Balaban J connectivity index is 2.01. The molecule has 2 rings (SSSR count). The zero-order valence-corrected chi connectivity index (χ0v) is 11.6. The van der Waals surface area contributed by atoms with Crippen molar-refractivity contribution in [1.82, 2.24) is 0 Å². The number of anilines is 1. The number of amides is 1. The molecule has 0 radical (unpaired) electrons. The molecule has 1 saturated carbocycles. The fraction of sp³-hybridized carbons (Fsp3) is 0.500. The van der Waals surface area contributed by atoms with E-state index >= 15 is 0 Å². The molecular formula is C14H20N2OS. The minimum atomic E-state index is -0.670. The van der Waals surface area contributed by atoms with Gasteiger partial charge in [-0.15, -0.1) is 11.8 Å². The average Bonchev–Trinajstić information content (AvgIpc) is 2.40. The van der Waals surface area contributed by atoms with Crippen molar-refractivity contribution >= 4 is 23.4 Å². The van der Waals surface area contributed by atoms with Gasteiger partial charge in [0, 0.05) is 10.6 Å². The molecule has 0 aromatic heterocycles. The first-order valence-corrected chi connectivity index (χ1v) is 7.61. The number of carbonyl (C=O) groups excluding carboxylic acids is 1. The summed E-state index contributed by atoms with van der Waals surface area (Å²) in [5.74, 6) is -0.0425. The van der Waals surface area contributed by atoms with E-state index in [4.69, 9.17) is 5.73 Å². The smallest absolute Gasteiger partial charge is 0.244 e. The Morgan fingerprint density at radius 2 is 1.83 bits per heavy atom. The number of benzene rings is 1. The molecule has 3 N–H and O–H groups in total. The Bertz CT molecular complexity index is 410. The van der Waals surface area contributed by atoms with Gasteiger partial charge in [-0.3, -0.25) is 4.79 Å². The van der Waals surface area contributed by atoms with Gasteiger partial charge in [-0.05, 0) is 43.4 Å². The maximum atomic E-state index is 12.2. The second-order valence-corrected chi connectivity index (χ2v) is 5.78. The van der Waals surface area contributed by atoms with Gasteiger partial charge < -0.3 is 11.1 Å². The number of nitrogens with two attached hydrogens (primary N) is 1. The molecule has 0 spiro atoms. The summed E-state index contributed by atoms with van der Waals surface area (Å²) < 4.78 is 0. The van der Waals surface area contributed by atoms with Crippen LogP contribution in [0.15, 0.2) is 29.2 Å². The molecule has 1 fully saturated rings. The van der Waals surface area contributed by atoms with Crippen LogP contribution in [-0.2, 0) is 4.79 Å². The van der Waals surface area contributed by atoms with E-state index in [2.05, 4.69) is 5.32 Å². The molecule has 18 heavy (non-hydrogen) atoms. The van der Waals surface area contributed by atoms with Crippen LogP contribution >= 0.6 is 11.8 Å². The molecular weight excluding hydrogens is 244 g/mol. The summed E-state index contributed by atoms with van der Waals surface area (Å²) in [6, 6.07) is 7.86. The van der Waals surface area contributed by atoms with E-state index in [-0.39, 0.29) is 5.91 Å². The largest absolute Gasteiger partial charge is 0.324 e. The first-order valence-electron chi connectivity index (χ1n) is 6.38. The molecule has 1 aromatic rings. The highest BCUT2D eigenvalue weighted by molar-refractivity contribution is 7.98.